The van der Waals surface area contributed by atoms with Crippen molar-refractivity contribution in [1.82, 2.24) is 0 Å². The van der Waals surface area contributed by atoms with Gasteiger partial charge >= 0.3 is 6.18 Å². The second kappa shape index (κ2) is 6.36. The Morgan fingerprint density at radius 2 is 1.59 bits per heavy atom. The highest BCUT2D eigenvalue weighted by Crippen LogP contribution is 2.32. The number of amides is 1. The fourth-order valence-corrected chi connectivity index (χ4v) is 2.71. The van der Waals surface area contributed by atoms with Gasteiger partial charge in [-0.3, -0.25) is 4.79 Å². The molecule has 0 atom stereocenters. The molecule has 0 fully saturated rings. The molecule has 1 N–H and O–H groups in total. The first-order valence-electron chi connectivity index (χ1n) is 5.81. The van der Waals surface area contributed by atoms with Crippen molar-refractivity contribution < 1.29 is 18.0 Å². The molecule has 2 aromatic rings. The van der Waals surface area contributed by atoms with Crippen LogP contribution in [0.1, 0.15) is 15.9 Å². The van der Waals surface area contributed by atoms with Crippen molar-refractivity contribution in [3.8, 4) is 0 Å². The molecule has 0 spiro atoms. The van der Waals surface area contributed by atoms with Gasteiger partial charge in [-0.25, -0.2) is 0 Å². The van der Waals surface area contributed by atoms with Gasteiger partial charge in [-0.1, -0.05) is 40.9 Å². The zero-order chi connectivity index (χ0) is 16.5. The van der Waals surface area contributed by atoms with E-state index in [1.807, 2.05) is 0 Å². The van der Waals surface area contributed by atoms with Crippen molar-refractivity contribution in [2.75, 3.05) is 5.32 Å². The Balaban J connectivity index is 2.30. The van der Waals surface area contributed by atoms with Crippen LogP contribution in [0.4, 0.5) is 18.9 Å². The number of carbonyl (C=O) groups is 1. The van der Waals surface area contributed by atoms with Gasteiger partial charge in [0.2, 0.25) is 0 Å². The molecule has 8 heteroatoms. The van der Waals surface area contributed by atoms with Crippen molar-refractivity contribution in [2.24, 2.45) is 0 Å². The third-order valence-electron chi connectivity index (χ3n) is 2.68. The zero-order valence-electron chi connectivity index (χ0n) is 10.6. The van der Waals surface area contributed by atoms with Gasteiger partial charge < -0.3 is 5.32 Å². The third kappa shape index (κ3) is 3.85. The summed E-state index contributed by atoms with van der Waals surface area (Å²) in [5.41, 5.74) is -0.967. The minimum absolute atomic E-state index is 0.00183. The number of carbonyl (C=O) groups excluding carboxylic acids is 1. The van der Waals surface area contributed by atoms with Gasteiger partial charge in [-0.15, -0.1) is 0 Å². The maximum absolute atomic E-state index is 12.6. The zero-order valence-corrected chi connectivity index (χ0v) is 12.9. The van der Waals surface area contributed by atoms with Crippen molar-refractivity contribution in [3.05, 3.63) is 62.6 Å². The minimum atomic E-state index is -4.50. The van der Waals surface area contributed by atoms with Crippen molar-refractivity contribution in [3.63, 3.8) is 0 Å². The normalized spacial score (nSPS) is 11.4. The summed E-state index contributed by atoms with van der Waals surface area (Å²) in [5.74, 6) is -0.731. The number of hydrogen-bond acceptors (Lipinski definition) is 1. The molecular formula is C14H7Cl3F3NO. The molecule has 22 heavy (non-hydrogen) atoms. The van der Waals surface area contributed by atoms with E-state index < -0.39 is 17.6 Å². The summed E-state index contributed by atoms with van der Waals surface area (Å²) in [6.45, 7) is 0. The molecule has 116 valence electrons. The van der Waals surface area contributed by atoms with Gasteiger partial charge in [-0.2, -0.15) is 13.2 Å². The Kier molecular flexibility index (Phi) is 4.90. The lowest BCUT2D eigenvalue weighted by Crippen LogP contribution is -2.14. The molecule has 0 bridgehead atoms. The van der Waals surface area contributed by atoms with Gasteiger partial charge in [0.15, 0.2) is 0 Å². The van der Waals surface area contributed by atoms with Crippen LogP contribution in [-0.2, 0) is 6.18 Å². The Hall–Kier alpha value is -1.43. The highest BCUT2D eigenvalue weighted by molar-refractivity contribution is 6.42. The highest BCUT2D eigenvalue weighted by Gasteiger charge is 2.30. The number of anilines is 1. The predicted molar refractivity (Wildman–Crippen MR) is 80.9 cm³/mol. The van der Waals surface area contributed by atoms with Crippen LogP contribution in [0.3, 0.4) is 0 Å². The van der Waals surface area contributed by atoms with E-state index in [1.165, 1.54) is 24.3 Å². The number of hydrogen-bond donors (Lipinski definition) is 1. The van der Waals surface area contributed by atoms with Crippen LogP contribution in [0.25, 0.3) is 0 Å². The lowest BCUT2D eigenvalue weighted by Gasteiger charge is -2.11. The van der Waals surface area contributed by atoms with Gasteiger partial charge in [0, 0.05) is 10.7 Å². The quantitative estimate of drug-likeness (QED) is 0.700. The van der Waals surface area contributed by atoms with Crippen LogP contribution in [0.15, 0.2) is 36.4 Å². The van der Waals surface area contributed by atoms with Gasteiger partial charge in [0.1, 0.15) is 0 Å². The van der Waals surface area contributed by atoms with Crippen LogP contribution >= 0.6 is 34.8 Å². The van der Waals surface area contributed by atoms with E-state index in [-0.39, 0.29) is 26.3 Å². The number of benzene rings is 2. The Bertz CT molecular complexity index is 709. The summed E-state index contributed by atoms with van der Waals surface area (Å²) < 4.78 is 37.9. The molecule has 2 rings (SSSR count). The lowest BCUT2D eigenvalue weighted by atomic mass is 10.1. The second-order valence-corrected chi connectivity index (χ2v) is 5.53. The van der Waals surface area contributed by atoms with E-state index in [0.29, 0.717) is 0 Å². The van der Waals surface area contributed by atoms with E-state index in [1.54, 1.807) is 0 Å². The summed E-state index contributed by atoms with van der Waals surface area (Å²) in [6.07, 6.45) is -4.50. The van der Waals surface area contributed by atoms with E-state index in [2.05, 4.69) is 5.32 Å². The average Bonchev–Trinajstić information content (AvgIpc) is 2.36. The van der Waals surface area contributed by atoms with Gasteiger partial charge in [0.25, 0.3) is 5.91 Å². The molecule has 1 amide bonds. The SMILES string of the molecule is O=C(Nc1cccc(C(F)(F)F)c1)c1c(Cl)cc(Cl)cc1Cl. The van der Waals surface area contributed by atoms with E-state index >= 15 is 0 Å². The molecule has 0 saturated heterocycles. The topological polar surface area (TPSA) is 29.1 Å². The number of halogens is 6. The smallest absolute Gasteiger partial charge is 0.322 e. The summed E-state index contributed by atoms with van der Waals surface area (Å²) in [6, 6.07) is 6.86. The molecule has 2 nitrogen and oxygen atoms in total. The molecular weight excluding hydrogens is 362 g/mol. The van der Waals surface area contributed by atoms with E-state index in [9.17, 15) is 18.0 Å². The van der Waals surface area contributed by atoms with Crippen LogP contribution in [0.5, 0.6) is 0 Å². The molecule has 0 aliphatic rings. The van der Waals surface area contributed by atoms with Crippen molar-refractivity contribution >= 4 is 46.4 Å². The number of alkyl halides is 3. The third-order valence-corrected chi connectivity index (χ3v) is 3.50. The largest absolute Gasteiger partial charge is 0.416 e. The average molecular weight is 369 g/mol. The van der Waals surface area contributed by atoms with Crippen LogP contribution in [-0.4, -0.2) is 5.91 Å². The van der Waals surface area contributed by atoms with Crippen LogP contribution in [0.2, 0.25) is 15.1 Å². The van der Waals surface area contributed by atoms with Crippen LogP contribution < -0.4 is 5.32 Å². The molecule has 0 heterocycles. The maximum atomic E-state index is 12.6. The standard InChI is InChI=1S/C14H7Cl3F3NO/c15-8-5-10(16)12(11(17)6-8)13(22)21-9-3-1-2-7(4-9)14(18,19)20/h1-6H,(H,21,22). The molecule has 0 saturated carbocycles. The molecule has 0 radical (unpaired) electrons. The highest BCUT2D eigenvalue weighted by atomic mass is 35.5. The predicted octanol–water partition coefficient (Wildman–Crippen LogP) is 5.92. The maximum Gasteiger partial charge on any atom is 0.416 e. The summed E-state index contributed by atoms with van der Waals surface area (Å²) in [7, 11) is 0. The summed E-state index contributed by atoms with van der Waals surface area (Å²) in [5, 5.41) is 2.57. The van der Waals surface area contributed by atoms with E-state index in [4.69, 9.17) is 34.8 Å². The van der Waals surface area contributed by atoms with Gasteiger partial charge in [0.05, 0.1) is 21.2 Å². The first-order valence-corrected chi connectivity index (χ1v) is 6.95. The summed E-state index contributed by atoms with van der Waals surface area (Å²) >= 11 is 17.5. The molecule has 2 aromatic carbocycles. The number of nitrogens with one attached hydrogen (secondary N) is 1. The first kappa shape index (κ1) is 16.9. The van der Waals surface area contributed by atoms with Crippen molar-refractivity contribution in [1.29, 1.82) is 0 Å². The van der Waals surface area contributed by atoms with E-state index in [0.717, 1.165) is 12.1 Å². The minimum Gasteiger partial charge on any atom is -0.322 e. The Morgan fingerprint density at radius 3 is 2.14 bits per heavy atom. The molecule has 0 aliphatic carbocycles. The fourth-order valence-electron chi connectivity index (χ4n) is 1.73. The first-order chi connectivity index (χ1) is 10.2. The summed E-state index contributed by atoms with van der Waals surface area (Å²) in [4.78, 5) is 12.1. The van der Waals surface area contributed by atoms with Gasteiger partial charge in [-0.05, 0) is 30.3 Å². The monoisotopic (exact) mass is 367 g/mol. The Labute approximate surface area is 138 Å². The second-order valence-electron chi connectivity index (χ2n) is 4.28. The van der Waals surface area contributed by atoms with Crippen molar-refractivity contribution in [2.45, 2.75) is 6.18 Å². The van der Waals surface area contributed by atoms with Crippen LogP contribution in [0, 0.1) is 0 Å². The Morgan fingerprint density at radius 1 is 1.00 bits per heavy atom. The molecule has 0 aromatic heterocycles. The number of rotatable bonds is 2. The molecule has 0 aliphatic heterocycles. The lowest BCUT2D eigenvalue weighted by molar-refractivity contribution is -0.137. The fraction of sp³-hybridized carbons (Fsp3) is 0.0714. The molecule has 0 unspecified atom stereocenters.